The van der Waals surface area contributed by atoms with Crippen LogP contribution in [0, 0.1) is 5.92 Å². The fourth-order valence-corrected chi connectivity index (χ4v) is 4.89. The van der Waals surface area contributed by atoms with Crippen LogP contribution in [0.15, 0.2) is 18.2 Å². The first kappa shape index (κ1) is 21.4. The molecule has 2 atom stereocenters. The van der Waals surface area contributed by atoms with Crippen molar-refractivity contribution in [2.75, 3.05) is 52.5 Å². The highest BCUT2D eigenvalue weighted by Gasteiger charge is 2.30. The smallest absolute Gasteiger partial charge is 0.224 e. The van der Waals surface area contributed by atoms with Crippen molar-refractivity contribution in [2.45, 2.75) is 51.5 Å². The van der Waals surface area contributed by atoms with Crippen molar-refractivity contribution in [1.82, 2.24) is 15.1 Å². The first-order valence-electron chi connectivity index (χ1n) is 11.8. The summed E-state index contributed by atoms with van der Waals surface area (Å²) in [6, 6.07) is 6.32. The highest BCUT2D eigenvalue weighted by atomic mass is 16.6. The van der Waals surface area contributed by atoms with Gasteiger partial charge in [0.1, 0.15) is 13.2 Å². The van der Waals surface area contributed by atoms with Crippen molar-refractivity contribution in [3.63, 3.8) is 0 Å². The minimum atomic E-state index is 0.128. The number of hydrogen-bond acceptors (Lipinski definition) is 5. The molecule has 0 spiro atoms. The Balaban J connectivity index is 1.38. The van der Waals surface area contributed by atoms with Crippen LogP contribution in [0.5, 0.6) is 11.5 Å². The zero-order chi connectivity index (χ0) is 20.8. The molecule has 3 aliphatic rings. The van der Waals surface area contributed by atoms with E-state index in [-0.39, 0.29) is 17.9 Å². The van der Waals surface area contributed by atoms with Crippen LogP contribution >= 0.6 is 0 Å². The Hall–Kier alpha value is -1.79. The lowest BCUT2D eigenvalue weighted by molar-refractivity contribution is -0.125. The maximum atomic E-state index is 13.1. The molecule has 0 radical (unpaired) electrons. The van der Waals surface area contributed by atoms with E-state index in [1.54, 1.807) is 0 Å². The molecule has 3 aliphatic heterocycles. The van der Waals surface area contributed by atoms with Gasteiger partial charge in [0.2, 0.25) is 5.91 Å². The zero-order valence-electron chi connectivity index (χ0n) is 18.4. The highest BCUT2D eigenvalue weighted by molar-refractivity contribution is 5.79. The summed E-state index contributed by atoms with van der Waals surface area (Å²) >= 11 is 0. The Bertz CT molecular complexity index is 705. The quantitative estimate of drug-likeness (QED) is 0.672. The highest BCUT2D eigenvalue weighted by Crippen LogP contribution is 2.31. The van der Waals surface area contributed by atoms with Gasteiger partial charge in [0.15, 0.2) is 11.5 Å². The summed E-state index contributed by atoms with van der Waals surface area (Å²) in [5.74, 6) is 2.01. The van der Waals surface area contributed by atoms with Crippen molar-refractivity contribution in [3.05, 3.63) is 23.8 Å². The minimum absolute atomic E-state index is 0.128. The Morgan fingerprint density at radius 1 is 1.13 bits per heavy atom. The van der Waals surface area contributed by atoms with Gasteiger partial charge in [0, 0.05) is 19.1 Å². The van der Waals surface area contributed by atoms with Crippen molar-refractivity contribution in [1.29, 1.82) is 0 Å². The molecule has 2 saturated heterocycles. The summed E-state index contributed by atoms with van der Waals surface area (Å²) in [6.07, 6.45) is 6.76. The number of hydrogen-bond donors (Lipinski definition) is 1. The second-order valence-corrected chi connectivity index (χ2v) is 9.04. The monoisotopic (exact) mass is 415 g/mol. The summed E-state index contributed by atoms with van der Waals surface area (Å²) in [5.41, 5.74) is 1.19. The Labute approximate surface area is 180 Å². The summed E-state index contributed by atoms with van der Waals surface area (Å²) in [5, 5.41) is 3.41. The molecule has 1 N–H and O–H groups in total. The Morgan fingerprint density at radius 3 is 2.73 bits per heavy atom. The second-order valence-electron chi connectivity index (χ2n) is 9.04. The SMILES string of the molecule is CCCCN1CCC(C(=O)N[C@@H](Cc2ccc3c(c2)OCCO3)CN2CCCC2)C1. The van der Waals surface area contributed by atoms with Gasteiger partial charge in [-0.25, -0.2) is 0 Å². The third-order valence-electron chi connectivity index (χ3n) is 6.58. The molecule has 6 heteroatoms. The third-order valence-corrected chi connectivity index (χ3v) is 6.58. The molecule has 0 aliphatic carbocycles. The first-order valence-corrected chi connectivity index (χ1v) is 11.8. The maximum Gasteiger partial charge on any atom is 0.224 e. The molecule has 1 aromatic rings. The van der Waals surface area contributed by atoms with Crippen molar-refractivity contribution >= 4 is 5.91 Å². The van der Waals surface area contributed by atoms with Crippen LogP contribution in [0.4, 0.5) is 0 Å². The summed E-state index contributed by atoms with van der Waals surface area (Å²) in [6.45, 7) is 9.71. The van der Waals surface area contributed by atoms with E-state index in [2.05, 4.69) is 34.2 Å². The average Bonchev–Trinajstić information content (AvgIpc) is 3.44. The number of fused-ring (bicyclic) bond motifs is 1. The zero-order valence-corrected chi connectivity index (χ0v) is 18.4. The van der Waals surface area contributed by atoms with E-state index in [0.29, 0.717) is 13.2 Å². The van der Waals surface area contributed by atoms with E-state index in [4.69, 9.17) is 9.47 Å². The molecule has 1 unspecified atom stereocenters. The predicted octanol–water partition coefficient (Wildman–Crippen LogP) is 2.70. The van der Waals surface area contributed by atoms with Crippen LogP contribution in [0.1, 0.15) is 44.6 Å². The van der Waals surface area contributed by atoms with Gasteiger partial charge in [-0.1, -0.05) is 19.4 Å². The molecule has 0 bridgehead atoms. The number of benzene rings is 1. The number of likely N-dealkylation sites (tertiary alicyclic amines) is 2. The van der Waals surface area contributed by atoms with Gasteiger partial charge in [0.25, 0.3) is 0 Å². The molecule has 166 valence electrons. The van der Waals surface area contributed by atoms with Gasteiger partial charge in [-0.3, -0.25) is 4.79 Å². The number of unbranched alkanes of at least 4 members (excludes halogenated alkanes) is 1. The number of rotatable bonds is 9. The van der Waals surface area contributed by atoms with Gasteiger partial charge >= 0.3 is 0 Å². The van der Waals surface area contributed by atoms with Crippen LogP contribution in [0.3, 0.4) is 0 Å². The normalized spacial score (nSPS) is 22.9. The van der Waals surface area contributed by atoms with Gasteiger partial charge in [-0.15, -0.1) is 0 Å². The fourth-order valence-electron chi connectivity index (χ4n) is 4.89. The summed E-state index contributed by atoms with van der Waals surface area (Å²) in [4.78, 5) is 18.0. The van der Waals surface area contributed by atoms with E-state index >= 15 is 0 Å². The largest absolute Gasteiger partial charge is 0.486 e. The lowest BCUT2D eigenvalue weighted by Gasteiger charge is -2.26. The molecule has 6 nitrogen and oxygen atoms in total. The molecule has 0 aromatic heterocycles. The molecule has 0 saturated carbocycles. The molecular formula is C24H37N3O3. The van der Waals surface area contributed by atoms with E-state index in [0.717, 1.165) is 63.6 Å². The van der Waals surface area contributed by atoms with Gasteiger partial charge < -0.3 is 24.6 Å². The van der Waals surface area contributed by atoms with Crippen LogP contribution in [0.25, 0.3) is 0 Å². The minimum Gasteiger partial charge on any atom is -0.486 e. The predicted molar refractivity (Wildman–Crippen MR) is 118 cm³/mol. The first-order chi connectivity index (χ1) is 14.7. The van der Waals surface area contributed by atoms with E-state index in [9.17, 15) is 4.79 Å². The van der Waals surface area contributed by atoms with Crippen LogP contribution in [0.2, 0.25) is 0 Å². The van der Waals surface area contributed by atoms with E-state index in [1.807, 2.05) is 6.07 Å². The molecule has 1 amide bonds. The standard InChI is InChI=1S/C24H37N3O3/c1-2-3-9-27-12-8-20(17-27)24(28)25-21(18-26-10-4-5-11-26)15-19-6-7-22-23(16-19)30-14-13-29-22/h6-7,16,20-21H,2-5,8-15,17-18H2,1H3,(H,25,28)/t20?,21-/m0/s1. The number of carbonyl (C=O) groups excluding carboxylic acids is 1. The lowest BCUT2D eigenvalue weighted by Crippen LogP contribution is -2.46. The molecule has 4 rings (SSSR count). The Morgan fingerprint density at radius 2 is 1.93 bits per heavy atom. The molecule has 3 heterocycles. The molecular weight excluding hydrogens is 378 g/mol. The van der Waals surface area contributed by atoms with Crippen molar-refractivity contribution < 1.29 is 14.3 Å². The average molecular weight is 416 g/mol. The maximum absolute atomic E-state index is 13.1. The number of carbonyl (C=O) groups is 1. The van der Waals surface area contributed by atoms with Gasteiger partial charge in [0.05, 0.1) is 5.92 Å². The van der Waals surface area contributed by atoms with Gasteiger partial charge in [-0.2, -0.15) is 0 Å². The summed E-state index contributed by atoms with van der Waals surface area (Å²) < 4.78 is 11.4. The third kappa shape index (κ3) is 5.67. The number of nitrogens with zero attached hydrogens (tertiary/aromatic N) is 2. The Kier molecular flexibility index (Phi) is 7.50. The van der Waals surface area contributed by atoms with E-state index < -0.39 is 0 Å². The van der Waals surface area contributed by atoms with E-state index in [1.165, 1.54) is 31.2 Å². The summed E-state index contributed by atoms with van der Waals surface area (Å²) in [7, 11) is 0. The van der Waals surface area contributed by atoms with Crippen LogP contribution in [-0.2, 0) is 11.2 Å². The molecule has 2 fully saturated rings. The fraction of sp³-hybridized carbons (Fsp3) is 0.708. The molecule has 1 aromatic carbocycles. The second kappa shape index (κ2) is 10.5. The molecule has 30 heavy (non-hydrogen) atoms. The number of ether oxygens (including phenoxy) is 2. The lowest BCUT2D eigenvalue weighted by atomic mass is 10.0. The van der Waals surface area contributed by atoms with Crippen molar-refractivity contribution in [2.24, 2.45) is 5.92 Å². The number of nitrogens with one attached hydrogen (secondary N) is 1. The topological polar surface area (TPSA) is 54.0 Å². The van der Waals surface area contributed by atoms with Crippen LogP contribution in [-0.4, -0.2) is 74.2 Å². The number of amides is 1. The van der Waals surface area contributed by atoms with Crippen LogP contribution < -0.4 is 14.8 Å². The van der Waals surface area contributed by atoms with Gasteiger partial charge in [-0.05, 0) is 76.0 Å². The van der Waals surface area contributed by atoms with Crippen molar-refractivity contribution in [3.8, 4) is 11.5 Å².